The molecule has 2 aliphatic heterocycles. The number of β-amino-alcohol motifs (C(OH)–C–C–N with tert-alkyl or cyclic N) is 1. The lowest BCUT2D eigenvalue weighted by molar-refractivity contribution is -0.117. The number of hydrogen-bond acceptors (Lipinski definition) is 4. The van der Waals surface area contributed by atoms with E-state index in [1.807, 2.05) is 12.1 Å². The Morgan fingerprint density at radius 3 is 2.59 bits per heavy atom. The molecule has 0 radical (unpaired) electrons. The topological polar surface area (TPSA) is 64.6 Å². The molecule has 7 heteroatoms. The van der Waals surface area contributed by atoms with Gasteiger partial charge in [-0.1, -0.05) is 30.3 Å². The van der Waals surface area contributed by atoms with Crippen molar-refractivity contribution >= 4 is 42.1 Å². The molecular weight excluding hydrogens is 385 g/mol. The molecule has 3 N–H and O–H groups in total. The second kappa shape index (κ2) is 9.42. The summed E-state index contributed by atoms with van der Waals surface area (Å²) in [5, 5.41) is 15.5. The van der Waals surface area contributed by atoms with Gasteiger partial charge >= 0.3 is 0 Å². The summed E-state index contributed by atoms with van der Waals surface area (Å²) < 4.78 is 0. The highest BCUT2D eigenvalue weighted by atomic mass is 35.5. The summed E-state index contributed by atoms with van der Waals surface area (Å²) >= 11 is 0. The molecule has 1 amide bonds. The Balaban J connectivity index is 0.00000131. The number of carbonyl (C=O) groups excluding carboxylic acids is 1. The van der Waals surface area contributed by atoms with Gasteiger partial charge in [0.05, 0.1) is 12.1 Å². The summed E-state index contributed by atoms with van der Waals surface area (Å²) in [6.07, 6.45) is 1.14. The summed E-state index contributed by atoms with van der Waals surface area (Å²) in [6.45, 7) is 2.41. The molecule has 0 saturated carbocycles. The molecule has 2 atom stereocenters. The SMILES string of the molecule is Cl.Cl.O=C(Nc1ccc(CN2CCc3ccccc32)cc1)C1CC(O)CN1. The number of rotatable bonds is 4. The fourth-order valence-electron chi connectivity index (χ4n) is 3.63. The number of carbonyl (C=O) groups is 1. The predicted octanol–water partition coefficient (Wildman–Crippen LogP) is 2.75. The van der Waals surface area contributed by atoms with Crippen LogP contribution < -0.4 is 15.5 Å². The number of para-hydroxylation sites is 1. The molecule has 0 aromatic heterocycles. The maximum Gasteiger partial charge on any atom is 0.241 e. The van der Waals surface area contributed by atoms with Crippen LogP contribution in [0, 0.1) is 0 Å². The van der Waals surface area contributed by atoms with E-state index in [4.69, 9.17) is 0 Å². The average molecular weight is 410 g/mol. The molecular formula is C20H25Cl2N3O2. The van der Waals surface area contributed by atoms with Crippen molar-refractivity contribution in [3.8, 4) is 0 Å². The zero-order valence-corrected chi connectivity index (χ0v) is 16.6. The van der Waals surface area contributed by atoms with Crippen LogP contribution in [0.15, 0.2) is 48.5 Å². The fraction of sp³-hybridized carbons (Fsp3) is 0.350. The van der Waals surface area contributed by atoms with E-state index in [9.17, 15) is 9.90 Å². The molecule has 2 aliphatic rings. The molecule has 4 rings (SSSR count). The standard InChI is InChI=1S/C20H23N3O2.2ClH/c24-17-11-18(21-12-17)20(25)22-16-7-5-14(6-8-16)13-23-10-9-15-3-1-2-4-19(15)23;;/h1-8,17-18,21,24H,9-13H2,(H,22,25);2*1H. The number of fused-ring (bicyclic) bond motifs is 1. The molecule has 1 saturated heterocycles. The number of halogens is 2. The minimum absolute atomic E-state index is 0. The quantitative estimate of drug-likeness (QED) is 0.726. The predicted molar refractivity (Wildman–Crippen MR) is 113 cm³/mol. The third-order valence-corrected chi connectivity index (χ3v) is 5.00. The third-order valence-electron chi connectivity index (χ3n) is 5.00. The number of anilines is 2. The molecule has 5 nitrogen and oxygen atoms in total. The zero-order chi connectivity index (χ0) is 17.2. The van der Waals surface area contributed by atoms with E-state index in [2.05, 4.69) is 51.9 Å². The van der Waals surface area contributed by atoms with Crippen LogP contribution in [0.4, 0.5) is 11.4 Å². The van der Waals surface area contributed by atoms with Crippen molar-refractivity contribution in [3.05, 3.63) is 59.7 Å². The molecule has 27 heavy (non-hydrogen) atoms. The highest BCUT2D eigenvalue weighted by Gasteiger charge is 2.28. The number of amides is 1. The van der Waals surface area contributed by atoms with Crippen LogP contribution in [0.25, 0.3) is 0 Å². The molecule has 0 spiro atoms. The van der Waals surface area contributed by atoms with E-state index in [1.54, 1.807) is 0 Å². The van der Waals surface area contributed by atoms with Crippen LogP contribution in [0.1, 0.15) is 17.5 Å². The highest BCUT2D eigenvalue weighted by Crippen LogP contribution is 2.29. The van der Waals surface area contributed by atoms with E-state index in [-0.39, 0.29) is 36.8 Å². The Kier molecular flexibility index (Phi) is 7.50. The van der Waals surface area contributed by atoms with Gasteiger partial charge in [-0.3, -0.25) is 4.79 Å². The maximum absolute atomic E-state index is 12.2. The number of aliphatic hydroxyl groups is 1. The molecule has 1 fully saturated rings. The van der Waals surface area contributed by atoms with Gasteiger partial charge in [-0.05, 0) is 42.2 Å². The second-order valence-electron chi connectivity index (χ2n) is 6.84. The van der Waals surface area contributed by atoms with Crippen molar-refractivity contribution in [1.82, 2.24) is 5.32 Å². The Hall–Kier alpha value is -1.79. The lowest BCUT2D eigenvalue weighted by atomic mass is 10.1. The van der Waals surface area contributed by atoms with Crippen LogP contribution in [-0.4, -0.2) is 36.2 Å². The Morgan fingerprint density at radius 2 is 1.89 bits per heavy atom. The number of hydrogen-bond donors (Lipinski definition) is 3. The van der Waals surface area contributed by atoms with Crippen LogP contribution in [-0.2, 0) is 17.8 Å². The van der Waals surface area contributed by atoms with E-state index in [1.165, 1.54) is 16.8 Å². The first-order valence-electron chi connectivity index (χ1n) is 8.83. The van der Waals surface area contributed by atoms with Gasteiger partial charge in [0.1, 0.15) is 0 Å². The van der Waals surface area contributed by atoms with Gasteiger partial charge in [0.25, 0.3) is 0 Å². The van der Waals surface area contributed by atoms with Gasteiger partial charge < -0.3 is 20.6 Å². The monoisotopic (exact) mass is 409 g/mol. The molecule has 0 aliphatic carbocycles. The number of benzene rings is 2. The summed E-state index contributed by atoms with van der Waals surface area (Å²) in [5.74, 6) is -0.0854. The van der Waals surface area contributed by atoms with Crippen LogP contribution in [0.5, 0.6) is 0 Å². The van der Waals surface area contributed by atoms with Gasteiger partial charge in [-0.15, -0.1) is 24.8 Å². The molecule has 2 aromatic carbocycles. The number of aliphatic hydroxyl groups excluding tert-OH is 1. The van der Waals surface area contributed by atoms with E-state index >= 15 is 0 Å². The molecule has 2 unspecified atom stereocenters. The van der Waals surface area contributed by atoms with Gasteiger partial charge in [0.2, 0.25) is 5.91 Å². The Bertz CT molecular complexity index is 770. The minimum Gasteiger partial charge on any atom is -0.392 e. The first-order chi connectivity index (χ1) is 12.2. The van der Waals surface area contributed by atoms with E-state index < -0.39 is 6.10 Å². The number of nitrogens with one attached hydrogen (secondary N) is 2. The Labute approximate surface area is 172 Å². The smallest absolute Gasteiger partial charge is 0.241 e. The van der Waals surface area contributed by atoms with Crippen molar-refractivity contribution in [1.29, 1.82) is 0 Å². The highest BCUT2D eigenvalue weighted by molar-refractivity contribution is 5.95. The van der Waals surface area contributed by atoms with Crippen molar-refractivity contribution in [2.45, 2.75) is 31.5 Å². The summed E-state index contributed by atoms with van der Waals surface area (Å²) in [7, 11) is 0. The molecule has 0 bridgehead atoms. The molecule has 2 heterocycles. The van der Waals surface area contributed by atoms with Crippen LogP contribution >= 0.6 is 24.8 Å². The Morgan fingerprint density at radius 1 is 1.15 bits per heavy atom. The van der Waals surface area contributed by atoms with Gasteiger partial charge in [0, 0.05) is 31.0 Å². The second-order valence-corrected chi connectivity index (χ2v) is 6.84. The van der Waals surface area contributed by atoms with Gasteiger partial charge in [-0.25, -0.2) is 0 Å². The van der Waals surface area contributed by atoms with Crippen LogP contribution in [0.3, 0.4) is 0 Å². The number of nitrogens with zero attached hydrogens (tertiary/aromatic N) is 1. The largest absolute Gasteiger partial charge is 0.392 e. The summed E-state index contributed by atoms with van der Waals surface area (Å²) in [6, 6.07) is 16.3. The lowest BCUT2D eigenvalue weighted by Gasteiger charge is -2.19. The van der Waals surface area contributed by atoms with E-state index in [0.717, 1.165) is 25.2 Å². The van der Waals surface area contributed by atoms with Gasteiger partial charge in [-0.2, -0.15) is 0 Å². The third kappa shape index (κ3) is 4.93. The maximum atomic E-state index is 12.2. The van der Waals surface area contributed by atoms with Gasteiger partial charge in [0.15, 0.2) is 0 Å². The van der Waals surface area contributed by atoms with Crippen molar-refractivity contribution in [2.24, 2.45) is 0 Å². The lowest BCUT2D eigenvalue weighted by Crippen LogP contribution is -2.35. The minimum atomic E-state index is -0.429. The van der Waals surface area contributed by atoms with Crippen molar-refractivity contribution < 1.29 is 9.90 Å². The first-order valence-corrected chi connectivity index (χ1v) is 8.83. The zero-order valence-electron chi connectivity index (χ0n) is 14.9. The fourth-order valence-corrected chi connectivity index (χ4v) is 3.63. The molecule has 2 aromatic rings. The van der Waals surface area contributed by atoms with Crippen molar-refractivity contribution in [3.63, 3.8) is 0 Å². The summed E-state index contributed by atoms with van der Waals surface area (Å²) in [4.78, 5) is 14.6. The summed E-state index contributed by atoms with van der Waals surface area (Å²) in [5.41, 5.74) is 4.76. The first kappa shape index (κ1) is 21.5. The van der Waals surface area contributed by atoms with Crippen molar-refractivity contribution in [2.75, 3.05) is 23.3 Å². The molecule has 146 valence electrons. The van der Waals surface area contributed by atoms with E-state index in [0.29, 0.717) is 13.0 Å². The normalized spacial score (nSPS) is 20.4. The average Bonchev–Trinajstić information content (AvgIpc) is 3.24. The van der Waals surface area contributed by atoms with Crippen LogP contribution in [0.2, 0.25) is 0 Å².